The molecule has 3 rings (SSSR count). The Morgan fingerprint density at radius 3 is 2.50 bits per heavy atom. The van der Waals surface area contributed by atoms with Gasteiger partial charge in [-0.05, 0) is 30.0 Å². The normalized spacial score (nSPS) is 12.7. The van der Waals surface area contributed by atoms with Crippen LogP contribution in [0.25, 0.3) is 0 Å². The number of ketones is 1. The Morgan fingerprint density at radius 1 is 1.15 bits per heavy atom. The lowest BCUT2D eigenvalue weighted by molar-refractivity contribution is -0.137. The number of hydrogen-bond acceptors (Lipinski definition) is 9. The van der Waals surface area contributed by atoms with Crippen LogP contribution < -0.4 is 14.9 Å². The van der Waals surface area contributed by atoms with E-state index in [9.17, 15) is 31.5 Å². The van der Waals surface area contributed by atoms with Crippen LogP contribution in [0.4, 0.5) is 36.4 Å². The molecule has 0 bridgehead atoms. The zero-order valence-corrected chi connectivity index (χ0v) is 23.2. The highest BCUT2D eigenvalue weighted by Gasteiger charge is 2.35. The number of nitrogens with one attached hydrogen (secondary N) is 2. The molecule has 10 nitrogen and oxygen atoms in total. The van der Waals surface area contributed by atoms with E-state index in [0.29, 0.717) is 23.0 Å². The minimum atomic E-state index is -4.77. The molecule has 0 fully saturated rings. The van der Waals surface area contributed by atoms with E-state index in [1.807, 2.05) is 13.8 Å². The molecule has 2 aromatic heterocycles. The Bertz CT molecular complexity index is 1450. The van der Waals surface area contributed by atoms with E-state index in [2.05, 4.69) is 25.6 Å². The van der Waals surface area contributed by atoms with Gasteiger partial charge in [0.1, 0.15) is 17.2 Å². The van der Waals surface area contributed by atoms with Gasteiger partial charge in [0.05, 0.1) is 6.26 Å². The van der Waals surface area contributed by atoms with E-state index in [0.717, 1.165) is 10.6 Å². The van der Waals surface area contributed by atoms with Gasteiger partial charge in [0.15, 0.2) is 5.78 Å². The summed E-state index contributed by atoms with van der Waals surface area (Å²) in [6.45, 7) is 3.49. The summed E-state index contributed by atoms with van der Waals surface area (Å²) in [5.74, 6) is -0.906. The Morgan fingerprint density at radius 2 is 1.88 bits per heavy atom. The molecular weight excluding hydrogens is 549 g/mol. The zero-order valence-electron chi connectivity index (χ0n) is 22.4. The molecule has 3 N–H and O–H groups in total. The number of hydrogen-bond donors (Lipinski definition) is 3. The number of Topliss-reactive ketones (excluding diaryl/α,β-unsaturated/α-hetero) is 1. The lowest BCUT2D eigenvalue weighted by atomic mass is 9.89. The quantitative estimate of drug-likeness (QED) is 0.265. The predicted molar refractivity (Wildman–Crippen MR) is 146 cm³/mol. The second-order valence-corrected chi connectivity index (χ2v) is 11.6. The first-order valence-corrected chi connectivity index (χ1v) is 14.1. The van der Waals surface area contributed by atoms with Crippen molar-refractivity contribution in [1.29, 1.82) is 0 Å². The molecule has 40 heavy (non-hydrogen) atoms. The fourth-order valence-corrected chi connectivity index (χ4v) is 4.22. The fraction of sp³-hybridized carbons (Fsp3) is 0.385. The second-order valence-electron chi connectivity index (χ2n) is 9.54. The summed E-state index contributed by atoms with van der Waals surface area (Å²) in [7, 11) is -2.37. The van der Waals surface area contributed by atoms with Gasteiger partial charge in [-0.3, -0.25) is 9.10 Å². The summed E-state index contributed by atoms with van der Waals surface area (Å²) in [5, 5.41) is 15.0. The average Bonchev–Trinajstić information content (AvgIpc) is 2.89. The number of nitrogens with zero attached hydrogens (tertiary/aromatic N) is 4. The van der Waals surface area contributed by atoms with E-state index < -0.39 is 27.6 Å². The van der Waals surface area contributed by atoms with Gasteiger partial charge in [0, 0.05) is 55.8 Å². The Balaban J connectivity index is 1.86. The molecule has 1 aromatic carbocycles. The standard InChI is InChI=1S/C26H31F3N6O4S/c1-16(2)19(15-36)12-22(37)17-7-5-9-20(11-17)33-25-32-14-21(26(27,28)29)23(34-25)31-13-18-8-6-10-30-24(18)35(3)40(4,38)39/h5-11,14,16,19,36H,12-13,15H2,1-4H3,(H2,31,32,33,34)/t19-/m1/s1. The summed E-state index contributed by atoms with van der Waals surface area (Å²) in [6.07, 6.45) is -1.63. The van der Waals surface area contributed by atoms with Crippen LogP contribution in [0.3, 0.4) is 0 Å². The van der Waals surface area contributed by atoms with Crippen molar-refractivity contribution in [2.75, 3.05) is 34.8 Å². The van der Waals surface area contributed by atoms with Gasteiger partial charge < -0.3 is 15.7 Å². The summed E-state index contributed by atoms with van der Waals surface area (Å²) in [6, 6.07) is 9.44. The van der Waals surface area contributed by atoms with Crippen molar-refractivity contribution < 1.29 is 31.5 Å². The van der Waals surface area contributed by atoms with Gasteiger partial charge in [-0.25, -0.2) is 18.4 Å². The highest BCUT2D eigenvalue weighted by molar-refractivity contribution is 7.92. The molecule has 216 valence electrons. The van der Waals surface area contributed by atoms with Crippen LogP contribution in [0.1, 0.15) is 41.8 Å². The molecule has 0 unspecified atom stereocenters. The third-order valence-corrected chi connectivity index (χ3v) is 7.44. The van der Waals surface area contributed by atoms with E-state index in [1.54, 1.807) is 18.2 Å². The highest BCUT2D eigenvalue weighted by Crippen LogP contribution is 2.34. The van der Waals surface area contributed by atoms with Gasteiger partial charge in [-0.1, -0.05) is 32.0 Å². The van der Waals surface area contributed by atoms with Crippen LogP contribution in [0.5, 0.6) is 0 Å². The number of aliphatic hydroxyl groups is 1. The first kappa shape index (κ1) is 30.8. The molecule has 1 atom stereocenters. The molecule has 14 heteroatoms. The van der Waals surface area contributed by atoms with Crippen molar-refractivity contribution in [3.63, 3.8) is 0 Å². The molecule has 0 amide bonds. The monoisotopic (exact) mass is 580 g/mol. The third-order valence-electron chi connectivity index (χ3n) is 6.27. The summed E-state index contributed by atoms with van der Waals surface area (Å²) in [5.41, 5.74) is -0.0440. The largest absolute Gasteiger partial charge is 0.421 e. The van der Waals surface area contributed by atoms with Crippen molar-refractivity contribution in [3.05, 3.63) is 65.5 Å². The number of aromatic nitrogens is 3. The van der Waals surface area contributed by atoms with Gasteiger partial charge >= 0.3 is 6.18 Å². The van der Waals surface area contributed by atoms with Crippen molar-refractivity contribution in [1.82, 2.24) is 15.0 Å². The second kappa shape index (κ2) is 12.6. The maximum absolute atomic E-state index is 13.7. The third kappa shape index (κ3) is 7.88. The van der Waals surface area contributed by atoms with Crippen LogP contribution in [0.15, 0.2) is 48.8 Å². The maximum atomic E-state index is 13.7. The Hall–Kier alpha value is -3.78. The van der Waals surface area contributed by atoms with Crippen LogP contribution in [-0.4, -0.2) is 54.2 Å². The number of anilines is 4. The molecule has 0 saturated heterocycles. The molecule has 0 aliphatic rings. The summed E-state index contributed by atoms with van der Waals surface area (Å²) < 4.78 is 66.1. The highest BCUT2D eigenvalue weighted by atomic mass is 32.2. The SMILES string of the molecule is CC(C)[C@@H](CO)CC(=O)c1cccc(Nc2ncc(C(F)(F)F)c(NCc3cccnc3N(C)S(C)(=O)=O)n2)c1. The van der Waals surface area contributed by atoms with Gasteiger partial charge in [-0.2, -0.15) is 18.2 Å². The number of sulfonamides is 1. The Labute approximate surface area is 230 Å². The molecule has 0 saturated carbocycles. The fourth-order valence-electron chi connectivity index (χ4n) is 3.74. The molecule has 0 radical (unpaired) electrons. The number of alkyl halides is 3. The van der Waals surface area contributed by atoms with Gasteiger partial charge in [-0.15, -0.1) is 0 Å². The maximum Gasteiger partial charge on any atom is 0.421 e. The molecule has 0 spiro atoms. The number of halogens is 3. The number of carbonyl (C=O) groups is 1. The van der Waals surface area contributed by atoms with Crippen molar-refractivity contribution in [2.24, 2.45) is 11.8 Å². The smallest absolute Gasteiger partial charge is 0.396 e. The molecule has 2 heterocycles. The molecule has 0 aliphatic carbocycles. The van der Waals surface area contributed by atoms with Gasteiger partial charge in [0.2, 0.25) is 16.0 Å². The van der Waals surface area contributed by atoms with Gasteiger partial charge in [0.25, 0.3) is 0 Å². The minimum absolute atomic E-state index is 0.0563. The zero-order chi connectivity index (χ0) is 29.7. The van der Waals surface area contributed by atoms with Crippen LogP contribution >= 0.6 is 0 Å². The topological polar surface area (TPSA) is 137 Å². The van der Waals surface area contributed by atoms with E-state index >= 15 is 0 Å². The molecular formula is C26H31F3N6O4S. The predicted octanol–water partition coefficient (Wildman–Crippen LogP) is 4.48. The van der Waals surface area contributed by atoms with Crippen LogP contribution in [-0.2, 0) is 22.7 Å². The number of aliphatic hydroxyl groups excluding tert-OH is 1. The first-order valence-electron chi connectivity index (χ1n) is 12.3. The lowest BCUT2D eigenvalue weighted by Gasteiger charge is -2.20. The molecule has 3 aromatic rings. The number of rotatable bonds is 12. The van der Waals surface area contributed by atoms with Crippen molar-refractivity contribution in [2.45, 2.75) is 33.0 Å². The molecule has 0 aliphatic heterocycles. The lowest BCUT2D eigenvalue weighted by Crippen LogP contribution is -2.27. The van der Waals surface area contributed by atoms with Crippen LogP contribution in [0, 0.1) is 11.8 Å². The number of benzene rings is 1. The van der Waals surface area contributed by atoms with Crippen molar-refractivity contribution in [3.8, 4) is 0 Å². The van der Waals surface area contributed by atoms with E-state index in [-0.39, 0.29) is 49.0 Å². The van der Waals surface area contributed by atoms with Crippen LogP contribution in [0.2, 0.25) is 0 Å². The Kier molecular flexibility index (Phi) is 9.69. The number of carbonyl (C=O) groups excluding carboxylic acids is 1. The van der Waals surface area contributed by atoms with E-state index in [4.69, 9.17) is 0 Å². The van der Waals surface area contributed by atoms with E-state index in [1.165, 1.54) is 31.4 Å². The summed E-state index contributed by atoms with van der Waals surface area (Å²) in [4.78, 5) is 24.6. The number of pyridine rings is 1. The average molecular weight is 581 g/mol. The summed E-state index contributed by atoms with van der Waals surface area (Å²) >= 11 is 0. The minimum Gasteiger partial charge on any atom is -0.396 e. The first-order chi connectivity index (χ1) is 18.7. The van der Waals surface area contributed by atoms with Crippen molar-refractivity contribution >= 4 is 39.1 Å².